The molecule has 4 heteroatoms. The Morgan fingerprint density at radius 3 is 2.81 bits per heavy atom. The van der Waals surface area contributed by atoms with Crippen molar-refractivity contribution in [3.05, 3.63) is 28.8 Å². The Morgan fingerprint density at radius 1 is 1.44 bits per heavy atom. The van der Waals surface area contributed by atoms with Gasteiger partial charge in [0.25, 0.3) is 0 Å². The highest BCUT2D eigenvalue weighted by atomic mass is 35.5. The second kappa shape index (κ2) is 5.04. The molecule has 1 heterocycles. The Labute approximate surface area is 101 Å². The maximum absolute atomic E-state index is 6.23. The maximum Gasteiger partial charge on any atom is 0.0950 e. The van der Waals surface area contributed by atoms with Crippen molar-refractivity contribution >= 4 is 17.3 Å². The molecule has 0 amide bonds. The molecular formula is C12H17ClN2O. The van der Waals surface area contributed by atoms with Crippen LogP contribution < -0.4 is 10.2 Å². The highest BCUT2D eigenvalue weighted by Gasteiger charge is 2.16. The summed E-state index contributed by atoms with van der Waals surface area (Å²) in [5.74, 6) is 0. The van der Waals surface area contributed by atoms with Gasteiger partial charge in [0.1, 0.15) is 0 Å². The van der Waals surface area contributed by atoms with Gasteiger partial charge in [0.2, 0.25) is 0 Å². The lowest BCUT2D eigenvalue weighted by molar-refractivity contribution is 0.0277. The summed E-state index contributed by atoms with van der Waals surface area (Å²) in [5, 5.41) is 4.09. The van der Waals surface area contributed by atoms with Crippen LogP contribution in [0.3, 0.4) is 0 Å². The van der Waals surface area contributed by atoms with Crippen LogP contribution in [-0.2, 0) is 4.74 Å². The van der Waals surface area contributed by atoms with Crippen molar-refractivity contribution in [3.63, 3.8) is 0 Å². The molecule has 1 saturated heterocycles. The third-order valence-corrected chi connectivity index (χ3v) is 3.06. The quantitative estimate of drug-likeness (QED) is 0.857. The van der Waals surface area contributed by atoms with E-state index in [-0.39, 0.29) is 6.10 Å². The summed E-state index contributed by atoms with van der Waals surface area (Å²) < 4.78 is 5.68. The molecule has 0 radical (unpaired) electrons. The zero-order chi connectivity index (χ0) is 11.5. The number of nitrogens with zero attached hydrogens (tertiary/aromatic N) is 1. The van der Waals surface area contributed by atoms with Crippen LogP contribution in [0.4, 0.5) is 5.69 Å². The summed E-state index contributed by atoms with van der Waals surface area (Å²) in [4.78, 5) is 2.01. The lowest BCUT2D eigenvalue weighted by Gasteiger charge is -2.25. The monoisotopic (exact) mass is 240 g/mol. The molecule has 16 heavy (non-hydrogen) atoms. The smallest absolute Gasteiger partial charge is 0.0950 e. The predicted molar refractivity (Wildman–Crippen MR) is 67.3 cm³/mol. The van der Waals surface area contributed by atoms with Crippen LogP contribution in [0.1, 0.15) is 11.7 Å². The van der Waals surface area contributed by atoms with Crippen molar-refractivity contribution in [3.8, 4) is 0 Å². The van der Waals surface area contributed by atoms with Crippen molar-refractivity contribution in [2.24, 2.45) is 0 Å². The van der Waals surface area contributed by atoms with Crippen LogP contribution in [0.25, 0.3) is 0 Å². The van der Waals surface area contributed by atoms with E-state index in [9.17, 15) is 0 Å². The Kier molecular flexibility index (Phi) is 3.69. The molecule has 0 aliphatic carbocycles. The first-order chi connectivity index (χ1) is 7.68. The Morgan fingerprint density at radius 2 is 2.25 bits per heavy atom. The van der Waals surface area contributed by atoms with E-state index in [2.05, 4.69) is 11.4 Å². The molecular weight excluding hydrogens is 224 g/mol. The minimum Gasteiger partial charge on any atom is -0.376 e. The Bertz CT molecular complexity index is 362. The van der Waals surface area contributed by atoms with Crippen molar-refractivity contribution < 1.29 is 4.74 Å². The van der Waals surface area contributed by atoms with Gasteiger partial charge >= 0.3 is 0 Å². The van der Waals surface area contributed by atoms with E-state index in [4.69, 9.17) is 16.3 Å². The van der Waals surface area contributed by atoms with Gasteiger partial charge in [0.05, 0.1) is 23.4 Å². The van der Waals surface area contributed by atoms with E-state index >= 15 is 0 Å². The minimum atomic E-state index is 0.127. The van der Waals surface area contributed by atoms with Crippen molar-refractivity contribution in [2.75, 3.05) is 38.7 Å². The van der Waals surface area contributed by atoms with E-state index in [1.54, 1.807) is 0 Å². The first-order valence-corrected chi connectivity index (χ1v) is 5.85. The molecule has 1 atom stereocenters. The molecule has 0 saturated carbocycles. The molecule has 3 nitrogen and oxygen atoms in total. The summed E-state index contributed by atoms with van der Waals surface area (Å²) in [6.07, 6.45) is 0.127. The molecule has 1 aliphatic heterocycles. The number of ether oxygens (including phenoxy) is 1. The summed E-state index contributed by atoms with van der Waals surface area (Å²) in [7, 11) is 3.97. The standard InChI is InChI=1S/C12H17ClN2O/c1-15(2)11-4-3-9(7-10(11)13)12-8-14-5-6-16-12/h3-4,7,12,14H,5-6,8H2,1-2H3. The molecule has 88 valence electrons. The molecule has 1 aromatic carbocycles. The van der Waals surface area contributed by atoms with Crippen molar-refractivity contribution in [2.45, 2.75) is 6.10 Å². The minimum absolute atomic E-state index is 0.127. The van der Waals surface area contributed by atoms with Crippen LogP contribution in [0.5, 0.6) is 0 Å². The highest BCUT2D eigenvalue weighted by Crippen LogP contribution is 2.29. The van der Waals surface area contributed by atoms with Crippen LogP contribution in [-0.4, -0.2) is 33.8 Å². The summed E-state index contributed by atoms with van der Waals surface area (Å²) in [6, 6.07) is 6.11. The molecule has 1 aliphatic rings. The maximum atomic E-state index is 6.23. The van der Waals surface area contributed by atoms with Gasteiger partial charge in [-0.05, 0) is 17.7 Å². The fourth-order valence-electron chi connectivity index (χ4n) is 1.87. The van der Waals surface area contributed by atoms with Crippen molar-refractivity contribution in [1.29, 1.82) is 0 Å². The van der Waals surface area contributed by atoms with Gasteiger partial charge in [-0.1, -0.05) is 17.7 Å². The molecule has 1 aromatic rings. The molecule has 2 rings (SSSR count). The van der Waals surface area contributed by atoms with Crippen LogP contribution >= 0.6 is 11.6 Å². The molecule has 1 fully saturated rings. The fraction of sp³-hybridized carbons (Fsp3) is 0.500. The summed E-state index contributed by atoms with van der Waals surface area (Å²) in [6.45, 7) is 2.55. The topological polar surface area (TPSA) is 24.5 Å². The van der Waals surface area contributed by atoms with E-state index in [0.717, 1.165) is 36.0 Å². The lowest BCUT2D eigenvalue weighted by Crippen LogP contribution is -2.33. The van der Waals surface area contributed by atoms with E-state index < -0.39 is 0 Å². The third kappa shape index (κ3) is 2.48. The van der Waals surface area contributed by atoms with E-state index in [1.807, 2.05) is 31.1 Å². The van der Waals surface area contributed by atoms with Gasteiger partial charge in [0, 0.05) is 27.2 Å². The van der Waals surface area contributed by atoms with Crippen molar-refractivity contribution in [1.82, 2.24) is 5.32 Å². The number of nitrogens with one attached hydrogen (secondary N) is 1. The number of hydrogen-bond donors (Lipinski definition) is 1. The molecule has 1 N–H and O–H groups in total. The number of morpholine rings is 1. The third-order valence-electron chi connectivity index (χ3n) is 2.75. The second-order valence-corrected chi connectivity index (χ2v) is 4.58. The SMILES string of the molecule is CN(C)c1ccc(C2CNCCO2)cc1Cl. The van der Waals surface area contributed by atoms with Gasteiger partial charge in [-0.15, -0.1) is 0 Å². The normalized spacial score (nSPS) is 20.8. The van der Waals surface area contributed by atoms with Gasteiger partial charge < -0.3 is 15.0 Å². The fourth-order valence-corrected chi connectivity index (χ4v) is 2.22. The first-order valence-electron chi connectivity index (χ1n) is 5.47. The Hall–Kier alpha value is -0.770. The largest absolute Gasteiger partial charge is 0.376 e. The van der Waals surface area contributed by atoms with Gasteiger partial charge in [-0.2, -0.15) is 0 Å². The second-order valence-electron chi connectivity index (χ2n) is 4.17. The first kappa shape index (κ1) is 11.7. The van der Waals surface area contributed by atoms with Crippen LogP contribution in [0.2, 0.25) is 5.02 Å². The predicted octanol–water partition coefficient (Wildman–Crippen LogP) is 2.07. The van der Waals surface area contributed by atoms with E-state index in [0.29, 0.717) is 0 Å². The number of halogens is 1. The molecule has 0 aromatic heterocycles. The number of anilines is 1. The highest BCUT2D eigenvalue weighted by molar-refractivity contribution is 6.33. The number of rotatable bonds is 2. The zero-order valence-electron chi connectivity index (χ0n) is 9.66. The average Bonchev–Trinajstić information content (AvgIpc) is 2.29. The molecule has 0 bridgehead atoms. The molecule has 0 spiro atoms. The van der Waals surface area contributed by atoms with Gasteiger partial charge in [0.15, 0.2) is 0 Å². The Balaban J connectivity index is 2.19. The van der Waals surface area contributed by atoms with E-state index in [1.165, 1.54) is 0 Å². The lowest BCUT2D eigenvalue weighted by atomic mass is 10.1. The summed E-state index contributed by atoms with van der Waals surface area (Å²) >= 11 is 6.23. The molecule has 1 unspecified atom stereocenters. The number of benzene rings is 1. The van der Waals surface area contributed by atoms with Crippen LogP contribution in [0.15, 0.2) is 18.2 Å². The summed E-state index contributed by atoms with van der Waals surface area (Å²) in [5.41, 5.74) is 2.18. The number of hydrogen-bond acceptors (Lipinski definition) is 3. The zero-order valence-corrected chi connectivity index (χ0v) is 10.4. The van der Waals surface area contributed by atoms with Crippen LogP contribution in [0, 0.1) is 0 Å². The average molecular weight is 241 g/mol. The van der Waals surface area contributed by atoms with Gasteiger partial charge in [-0.3, -0.25) is 0 Å². The van der Waals surface area contributed by atoms with Gasteiger partial charge in [-0.25, -0.2) is 0 Å².